The van der Waals surface area contributed by atoms with Gasteiger partial charge in [0, 0.05) is 6.42 Å². The van der Waals surface area contributed by atoms with Crippen LogP contribution in [-0.4, -0.2) is 34.9 Å². The molecule has 4 nitrogen and oxygen atoms in total. The van der Waals surface area contributed by atoms with Crippen LogP contribution in [0.15, 0.2) is 24.3 Å². The summed E-state index contributed by atoms with van der Waals surface area (Å²) in [6.07, 6.45) is 21.2. The molecule has 27 heavy (non-hydrogen) atoms. The first kappa shape index (κ1) is 25.9. The topological polar surface area (TPSA) is 69.6 Å². The Balaban J connectivity index is 3.78. The molecule has 4 heteroatoms. The Hall–Kier alpha value is -1.13. The van der Waals surface area contributed by atoms with E-state index in [9.17, 15) is 15.0 Å². The number of amides is 1. The second-order valence-corrected chi connectivity index (χ2v) is 7.34. The van der Waals surface area contributed by atoms with Crippen molar-refractivity contribution in [1.29, 1.82) is 0 Å². The average molecular weight is 382 g/mol. The molecule has 0 aliphatic heterocycles. The Morgan fingerprint density at radius 2 is 1.48 bits per heavy atom. The molecule has 0 saturated carbocycles. The van der Waals surface area contributed by atoms with Crippen LogP contribution in [0.4, 0.5) is 0 Å². The molecule has 1 amide bonds. The molecule has 3 N–H and O–H groups in total. The summed E-state index contributed by atoms with van der Waals surface area (Å²) in [5, 5.41) is 22.3. The summed E-state index contributed by atoms with van der Waals surface area (Å²) >= 11 is 0. The maximum atomic E-state index is 12.0. The molecular formula is C23H43NO3. The normalized spacial score (nSPS) is 14.1. The highest BCUT2D eigenvalue weighted by molar-refractivity contribution is 5.76. The molecule has 0 aromatic rings. The van der Waals surface area contributed by atoms with Crippen molar-refractivity contribution in [3.63, 3.8) is 0 Å². The van der Waals surface area contributed by atoms with Gasteiger partial charge in [-0.25, -0.2) is 0 Å². The van der Waals surface area contributed by atoms with Crippen molar-refractivity contribution in [3.8, 4) is 0 Å². The first-order valence-electron chi connectivity index (χ1n) is 11.1. The predicted molar refractivity (Wildman–Crippen MR) is 115 cm³/mol. The summed E-state index contributed by atoms with van der Waals surface area (Å²) in [5.41, 5.74) is 0. The highest BCUT2D eigenvalue weighted by Gasteiger charge is 2.17. The van der Waals surface area contributed by atoms with Crippen LogP contribution in [0.2, 0.25) is 0 Å². The van der Waals surface area contributed by atoms with Crippen molar-refractivity contribution < 1.29 is 15.0 Å². The Labute approximate surface area is 167 Å². The Morgan fingerprint density at radius 3 is 2.19 bits per heavy atom. The summed E-state index contributed by atoms with van der Waals surface area (Å²) in [6.45, 7) is 4.09. The number of hydrogen-bond acceptors (Lipinski definition) is 3. The molecule has 0 spiro atoms. The fourth-order valence-corrected chi connectivity index (χ4v) is 2.88. The summed E-state index contributed by atoms with van der Waals surface area (Å²) in [6, 6.07) is -0.616. The number of nitrogens with one attached hydrogen (secondary N) is 1. The van der Waals surface area contributed by atoms with E-state index in [1.54, 1.807) is 6.08 Å². The molecule has 0 fully saturated rings. The van der Waals surface area contributed by atoms with Gasteiger partial charge in [-0.2, -0.15) is 0 Å². The number of aliphatic hydroxyl groups excluding tert-OH is 2. The van der Waals surface area contributed by atoms with Gasteiger partial charge in [0.05, 0.1) is 18.8 Å². The van der Waals surface area contributed by atoms with Crippen molar-refractivity contribution in [3.05, 3.63) is 24.3 Å². The molecule has 0 saturated heterocycles. The van der Waals surface area contributed by atoms with Gasteiger partial charge < -0.3 is 15.5 Å². The maximum Gasteiger partial charge on any atom is 0.220 e. The third kappa shape index (κ3) is 16.7. The zero-order valence-electron chi connectivity index (χ0n) is 17.7. The highest BCUT2D eigenvalue weighted by Crippen LogP contribution is 2.08. The van der Waals surface area contributed by atoms with Crippen LogP contribution >= 0.6 is 0 Å². The number of aliphatic hydroxyl groups is 2. The van der Waals surface area contributed by atoms with E-state index in [1.807, 2.05) is 6.08 Å². The molecule has 0 aromatic heterocycles. The monoisotopic (exact) mass is 381 g/mol. The summed E-state index contributed by atoms with van der Waals surface area (Å²) in [5.74, 6) is -0.0880. The van der Waals surface area contributed by atoms with E-state index < -0.39 is 12.1 Å². The minimum Gasteiger partial charge on any atom is -0.394 e. The van der Waals surface area contributed by atoms with Crippen LogP contribution in [0.5, 0.6) is 0 Å². The summed E-state index contributed by atoms with van der Waals surface area (Å²) in [4.78, 5) is 12.0. The van der Waals surface area contributed by atoms with Gasteiger partial charge in [0.1, 0.15) is 0 Å². The molecule has 158 valence electrons. The lowest BCUT2D eigenvalue weighted by Crippen LogP contribution is -2.45. The maximum absolute atomic E-state index is 12.0. The second kappa shape index (κ2) is 19.6. The van der Waals surface area contributed by atoms with E-state index in [0.717, 1.165) is 38.5 Å². The van der Waals surface area contributed by atoms with Gasteiger partial charge in [0.15, 0.2) is 0 Å². The van der Waals surface area contributed by atoms with Gasteiger partial charge in [0.2, 0.25) is 5.91 Å². The van der Waals surface area contributed by atoms with Crippen molar-refractivity contribution in [2.75, 3.05) is 6.61 Å². The summed E-state index contributed by atoms with van der Waals surface area (Å²) < 4.78 is 0. The lowest BCUT2D eigenvalue weighted by molar-refractivity contribution is -0.123. The SMILES string of the molecule is CCC/C=C\CCCCCCCC(=O)NC(CO)C(O)/C=C/CCCCC. The van der Waals surface area contributed by atoms with Crippen molar-refractivity contribution in [2.45, 2.75) is 109 Å². The number of rotatable bonds is 18. The largest absolute Gasteiger partial charge is 0.394 e. The van der Waals surface area contributed by atoms with E-state index in [0.29, 0.717) is 6.42 Å². The molecule has 0 rings (SSSR count). The Morgan fingerprint density at radius 1 is 0.852 bits per heavy atom. The van der Waals surface area contributed by atoms with Crippen LogP contribution in [0.25, 0.3) is 0 Å². The van der Waals surface area contributed by atoms with Gasteiger partial charge in [-0.05, 0) is 38.5 Å². The van der Waals surface area contributed by atoms with Gasteiger partial charge in [-0.3, -0.25) is 4.79 Å². The van der Waals surface area contributed by atoms with E-state index >= 15 is 0 Å². The lowest BCUT2D eigenvalue weighted by Gasteiger charge is -2.19. The number of allylic oxidation sites excluding steroid dienone is 3. The van der Waals surface area contributed by atoms with Crippen LogP contribution in [0.3, 0.4) is 0 Å². The molecular weight excluding hydrogens is 338 g/mol. The van der Waals surface area contributed by atoms with Crippen molar-refractivity contribution in [1.82, 2.24) is 5.32 Å². The molecule has 2 atom stereocenters. The Bertz CT molecular complexity index is 393. The first-order valence-corrected chi connectivity index (χ1v) is 11.1. The fourth-order valence-electron chi connectivity index (χ4n) is 2.88. The average Bonchev–Trinajstić information content (AvgIpc) is 2.67. The van der Waals surface area contributed by atoms with Gasteiger partial charge in [-0.15, -0.1) is 0 Å². The fraction of sp³-hybridized carbons (Fsp3) is 0.783. The van der Waals surface area contributed by atoms with E-state index in [-0.39, 0.29) is 12.5 Å². The lowest BCUT2D eigenvalue weighted by atomic mass is 10.1. The zero-order valence-corrected chi connectivity index (χ0v) is 17.7. The molecule has 0 radical (unpaired) electrons. The number of carbonyl (C=O) groups is 1. The molecule has 0 bridgehead atoms. The van der Waals surface area contributed by atoms with Crippen LogP contribution in [0.1, 0.15) is 97.3 Å². The van der Waals surface area contributed by atoms with Crippen LogP contribution < -0.4 is 5.32 Å². The highest BCUT2D eigenvalue weighted by atomic mass is 16.3. The molecule has 0 heterocycles. The van der Waals surface area contributed by atoms with E-state index in [1.165, 1.54) is 38.5 Å². The van der Waals surface area contributed by atoms with E-state index in [4.69, 9.17) is 0 Å². The van der Waals surface area contributed by atoms with Crippen LogP contribution in [-0.2, 0) is 4.79 Å². The summed E-state index contributed by atoms with van der Waals surface area (Å²) in [7, 11) is 0. The van der Waals surface area contributed by atoms with Crippen LogP contribution in [0, 0.1) is 0 Å². The minimum atomic E-state index is -0.832. The molecule has 0 aliphatic carbocycles. The molecule has 0 aliphatic rings. The van der Waals surface area contributed by atoms with Gasteiger partial charge >= 0.3 is 0 Å². The number of carbonyl (C=O) groups excluding carboxylic acids is 1. The predicted octanol–water partition coefficient (Wildman–Crippen LogP) is 5.05. The van der Waals surface area contributed by atoms with E-state index in [2.05, 4.69) is 31.3 Å². The molecule has 0 aromatic carbocycles. The quantitative estimate of drug-likeness (QED) is 0.230. The smallest absolute Gasteiger partial charge is 0.220 e. The van der Waals surface area contributed by atoms with Crippen molar-refractivity contribution >= 4 is 5.91 Å². The number of hydrogen-bond donors (Lipinski definition) is 3. The third-order valence-electron chi connectivity index (χ3n) is 4.66. The Kier molecular flexibility index (Phi) is 18.8. The second-order valence-electron chi connectivity index (χ2n) is 7.34. The number of unbranched alkanes of at least 4 members (excludes halogenated alkanes) is 9. The van der Waals surface area contributed by atoms with Gasteiger partial charge in [-0.1, -0.05) is 76.7 Å². The molecule has 2 unspecified atom stereocenters. The van der Waals surface area contributed by atoms with Gasteiger partial charge in [0.25, 0.3) is 0 Å². The standard InChI is InChI=1S/C23H43NO3/c1-3-5-7-9-10-11-12-13-15-17-19-23(27)24-21(20-25)22(26)18-16-14-8-6-4-2/h7,9,16,18,21-22,25-26H,3-6,8,10-15,17,19-20H2,1-2H3,(H,24,27)/b9-7-,18-16+. The minimum absolute atomic E-state index is 0.0880. The van der Waals surface area contributed by atoms with Crippen molar-refractivity contribution in [2.24, 2.45) is 0 Å². The first-order chi connectivity index (χ1) is 13.2. The third-order valence-corrected chi connectivity index (χ3v) is 4.66. The zero-order chi connectivity index (χ0) is 20.2.